The molecule has 294 valence electrons. The number of unbranched alkanes of at least 4 members (excludes halogenated alkanes) is 1. The van der Waals surface area contributed by atoms with Gasteiger partial charge in [0.15, 0.2) is 5.60 Å². The molecule has 3 aromatic rings. The Morgan fingerprint density at radius 3 is 2.45 bits per heavy atom. The summed E-state index contributed by atoms with van der Waals surface area (Å²) in [4.78, 5) is 59.8. The van der Waals surface area contributed by atoms with Gasteiger partial charge >= 0.3 is 5.97 Å². The van der Waals surface area contributed by atoms with E-state index in [1.807, 2.05) is 60.7 Å². The summed E-state index contributed by atoms with van der Waals surface area (Å²) in [5.74, 6) is -0.344. The predicted octanol–water partition coefficient (Wildman–Crippen LogP) is 3.95. The summed E-state index contributed by atoms with van der Waals surface area (Å²) in [6.45, 7) is 8.65. The van der Waals surface area contributed by atoms with E-state index >= 15 is 4.79 Å². The first-order valence-corrected chi connectivity index (χ1v) is 22.3. The topological polar surface area (TPSA) is 138 Å². The highest BCUT2D eigenvalue weighted by atomic mass is 28.3. The van der Waals surface area contributed by atoms with Gasteiger partial charge in [0, 0.05) is 56.3 Å². The van der Waals surface area contributed by atoms with E-state index in [1.165, 1.54) is 7.11 Å². The largest absolute Gasteiger partial charge is 0.497 e. The number of carbonyl (C=O) groups excluding carboxylic acids is 4. The van der Waals surface area contributed by atoms with Gasteiger partial charge in [-0.15, -0.1) is 0 Å². The van der Waals surface area contributed by atoms with Crippen LogP contribution in [-0.4, -0.2) is 101 Å². The van der Waals surface area contributed by atoms with Gasteiger partial charge in [0.1, 0.15) is 5.75 Å². The summed E-state index contributed by atoms with van der Waals surface area (Å²) in [6.07, 6.45) is 0.740. The normalized spacial score (nSPS) is 22.3. The molecule has 3 aliphatic rings. The maximum Gasteiger partial charge on any atom is 0.305 e. The van der Waals surface area contributed by atoms with Crippen molar-refractivity contribution < 1.29 is 38.5 Å². The number of nitrogens with zero attached hydrogens (tertiary/aromatic N) is 3. The highest BCUT2D eigenvalue weighted by Gasteiger charge is 2.66. The van der Waals surface area contributed by atoms with Crippen molar-refractivity contribution in [2.45, 2.75) is 69.5 Å². The first-order chi connectivity index (χ1) is 26.5. The number of aliphatic hydroxyl groups is 1. The predicted molar refractivity (Wildman–Crippen MR) is 213 cm³/mol. The van der Waals surface area contributed by atoms with E-state index in [0.717, 1.165) is 16.5 Å². The van der Waals surface area contributed by atoms with E-state index in [-0.39, 0.29) is 67.7 Å². The number of methoxy groups -OCH3 is 2. The molecule has 0 radical (unpaired) electrons. The fraction of sp³-hybridized carbons (Fsp3) is 0.476. The van der Waals surface area contributed by atoms with Gasteiger partial charge in [0.2, 0.25) is 11.8 Å². The number of hydrogen-bond donors (Lipinski definition) is 2. The van der Waals surface area contributed by atoms with E-state index in [1.54, 1.807) is 21.8 Å². The Bertz CT molecular complexity index is 1860. The van der Waals surface area contributed by atoms with Crippen molar-refractivity contribution >= 4 is 48.3 Å². The Balaban J connectivity index is 1.43. The lowest BCUT2D eigenvalue weighted by atomic mass is 9.82. The van der Waals surface area contributed by atoms with Crippen molar-refractivity contribution in [3.8, 4) is 5.75 Å². The maximum absolute atomic E-state index is 15.2. The van der Waals surface area contributed by atoms with Crippen LogP contribution in [0.1, 0.15) is 43.7 Å². The second-order valence-electron chi connectivity index (χ2n) is 15.3. The smallest absolute Gasteiger partial charge is 0.305 e. The van der Waals surface area contributed by atoms with Crippen molar-refractivity contribution in [3.63, 3.8) is 0 Å². The number of amides is 3. The van der Waals surface area contributed by atoms with Crippen molar-refractivity contribution in [1.29, 1.82) is 0 Å². The van der Waals surface area contributed by atoms with Crippen LogP contribution in [0.5, 0.6) is 5.75 Å². The second-order valence-corrected chi connectivity index (χ2v) is 20.0. The molecule has 3 heterocycles. The lowest BCUT2D eigenvalue weighted by molar-refractivity contribution is -0.149. The summed E-state index contributed by atoms with van der Waals surface area (Å²) < 4.78 is 17.6. The zero-order chi connectivity index (χ0) is 39.3. The standard InChI is InChI=1S/C42H54N4O8Si/c1-29-40(55(4,5)33-17-15-32(52-2)16-18-33)36(26-37(48)44(23-24-47)28-30-11-7-6-8-12-30)54-42(29)34-25-31(45-22-20-43-27-38(45)49)14-19-35(34)46(41(42)51)21-10-9-13-39(50)53-3/h6-8,11-12,14-19,25,29,36,40,43,47H,9-10,13,20-24,26-28H2,1-5H3/t29-,36+,40-,42+/m0/s1. The fourth-order valence-corrected chi connectivity index (χ4v) is 12.9. The molecule has 3 aliphatic heterocycles. The molecule has 2 fully saturated rings. The lowest BCUT2D eigenvalue weighted by Gasteiger charge is -2.37. The Labute approximate surface area is 324 Å². The number of piperazine rings is 1. The molecule has 4 atom stereocenters. The Morgan fingerprint density at radius 2 is 1.78 bits per heavy atom. The molecule has 0 aromatic heterocycles. The third-order valence-corrected chi connectivity index (χ3v) is 16.1. The molecule has 0 bridgehead atoms. The molecule has 3 amide bonds. The number of carbonyl (C=O) groups is 4. The Kier molecular flexibility index (Phi) is 12.4. The molecule has 3 aromatic carbocycles. The molecule has 0 unspecified atom stereocenters. The maximum atomic E-state index is 15.2. The molecule has 2 saturated heterocycles. The van der Waals surface area contributed by atoms with Gasteiger partial charge in [0.05, 0.1) is 53.7 Å². The molecule has 6 rings (SSSR count). The average Bonchev–Trinajstić information content (AvgIpc) is 3.62. The molecular formula is C42H54N4O8Si. The van der Waals surface area contributed by atoms with Crippen LogP contribution < -0.4 is 25.0 Å². The van der Waals surface area contributed by atoms with Crippen LogP contribution in [0, 0.1) is 5.92 Å². The molecule has 13 heteroatoms. The minimum absolute atomic E-state index is 0.0217. The monoisotopic (exact) mass is 770 g/mol. The van der Waals surface area contributed by atoms with Crippen molar-refractivity contribution in [1.82, 2.24) is 10.2 Å². The first-order valence-electron chi connectivity index (χ1n) is 19.3. The molecule has 0 saturated carbocycles. The van der Waals surface area contributed by atoms with Gasteiger partial charge < -0.3 is 39.3 Å². The Hall–Kier alpha value is -4.56. The summed E-state index contributed by atoms with van der Waals surface area (Å²) in [5.41, 5.74) is 1.42. The molecule has 0 aliphatic carbocycles. The summed E-state index contributed by atoms with van der Waals surface area (Å²) >= 11 is 0. The van der Waals surface area contributed by atoms with E-state index in [2.05, 4.69) is 37.5 Å². The fourth-order valence-electron chi connectivity index (χ4n) is 8.93. The zero-order valence-electron chi connectivity index (χ0n) is 32.6. The number of nitrogens with one attached hydrogen (secondary N) is 1. The van der Waals surface area contributed by atoms with Gasteiger partial charge in [-0.05, 0) is 54.3 Å². The minimum Gasteiger partial charge on any atom is -0.497 e. The SMILES string of the molecule is COC(=O)CCCCN1C(=O)[C@]2(O[C@H](CC(=O)N(CCO)Cc3ccccc3)[C@@H]([Si](C)(C)c3ccc(OC)cc3)[C@@H]2C)c2cc(N3CCNCC3=O)ccc21. The Morgan fingerprint density at radius 1 is 1.04 bits per heavy atom. The molecule has 12 nitrogen and oxygen atoms in total. The molecular weight excluding hydrogens is 717 g/mol. The van der Waals surface area contributed by atoms with E-state index < -0.39 is 19.8 Å². The van der Waals surface area contributed by atoms with Gasteiger partial charge in [0.25, 0.3) is 5.91 Å². The van der Waals surface area contributed by atoms with Crippen LogP contribution in [0.15, 0.2) is 72.8 Å². The third kappa shape index (κ3) is 7.93. The van der Waals surface area contributed by atoms with Crippen LogP contribution in [0.3, 0.4) is 0 Å². The lowest BCUT2D eigenvalue weighted by Crippen LogP contribution is -2.52. The second kappa shape index (κ2) is 17.1. The van der Waals surface area contributed by atoms with Crippen LogP contribution in [0.4, 0.5) is 11.4 Å². The number of rotatable bonds is 15. The summed E-state index contributed by atoms with van der Waals surface area (Å²) in [6, 6.07) is 23.5. The van der Waals surface area contributed by atoms with Crippen LogP contribution >= 0.6 is 0 Å². The van der Waals surface area contributed by atoms with Gasteiger partial charge in [-0.25, -0.2) is 0 Å². The highest BCUT2D eigenvalue weighted by Crippen LogP contribution is 2.60. The highest BCUT2D eigenvalue weighted by molar-refractivity contribution is 6.91. The van der Waals surface area contributed by atoms with Crippen molar-refractivity contribution in [3.05, 3.63) is 83.9 Å². The number of esters is 1. The van der Waals surface area contributed by atoms with Gasteiger partial charge in [-0.2, -0.15) is 0 Å². The number of aliphatic hydroxyl groups excluding tert-OH is 1. The van der Waals surface area contributed by atoms with E-state index in [0.29, 0.717) is 56.0 Å². The summed E-state index contributed by atoms with van der Waals surface area (Å²) in [7, 11) is 0.432. The zero-order valence-corrected chi connectivity index (χ0v) is 33.6. The van der Waals surface area contributed by atoms with Gasteiger partial charge in [-0.1, -0.05) is 67.7 Å². The van der Waals surface area contributed by atoms with E-state index in [4.69, 9.17) is 14.2 Å². The number of anilines is 2. The van der Waals surface area contributed by atoms with Crippen LogP contribution in [0.25, 0.3) is 0 Å². The first kappa shape index (κ1) is 40.1. The number of benzene rings is 3. The summed E-state index contributed by atoms with van der Waals surface area (Å²) in [5, 5.41) is 14.3. The van der Waals surface area contributed by atoms with Crippen LogP contribution in [-0.2, 0) is 40.8 Å². The van der Waals surface area contributed by atoms with Crippen molar-refractivity contribution in [2.24, 2.45) is 5.92 Å². The molecule has 55 heavy (non-hydrogen) atoms. The molecule has 1 spiro atoms. The van der Waals surface area contributed by atoms with E-state index in [9.17, 15) is 19.5 Å². The minimum atomic E-state index is -2.57. The molecule has 2 N–H and O–H groups in total. The number of fused-ring (bicyclic) bond motifs is 2. The average molecular weight is 771 g/mol. The number of hydrogen-bond acceptors (Lipinski definition) is 9. The quantitative estimate of drug-likeness (QED) is 0.134. The number of ether oxygens (including phenoxy) is 3. The van der Waals surface area contributed by atoms with Crippen molar-refractivity contribution in [2.75, 3.05) is 63.4 Å². The third-order valence-electron chi connectivity index (χ3n) is 11.8. The van der Waals surface area contributed by atoms with Gasteiger partial charge in [-0.3, -0.25) is 19.2 Å². The van der Waals surface area contributed by atoms with Crippen LogP contribution in [0.2, 0.25) is 18.6 Å².